The van der Waals surface area contributed by atoms with Crippen LogP contribution >= 0.6 is 0 Å². The summed E-state index contributed by atoms with van der Waals surface area (Å²) in [5.41, 5.74) is 0. The third-order valence-electron chi connectivity index (χ3n) is 4.85. The average molecular weight is 268 g/mol. The highest BCUT2D eigenvalue weighted by molar-refractivity contribution is 4.74. The highest BCUT2D eigenvalue weighted by atomic mass is 14.9. The number of nitrogens with one attached hydrogen (secondary N) is 1. The Morgan fingerprint density at radius 3 is 2.05 bits per heavy atom. The SMILES string of the molecule is CCCCCCCCCN[C@H](C)C1CCCCCC1. The highest BCUT2D eigenvalue weighted by Gasteiger charge is 2.17. The molecule has 19 heavy (non-hydrogen) atoms. The van der Waals surface area contributed by atoms with Crippen molar-refractivity contribution < 1.29 is 0 Å². The van der Waals surface area contributed by atoms with Gasteiger partial charge in [0.2, 0.25) is 0 Å². The van der Waals surface area contributed by atoms with Gasteiger partial charge in [-0.05, 0) is 38.6 Å². The number of rotatable bonds is 10. The van der Waals surface area contributed by atoms with Crippen molar-refractivity contribution >= 4 is 0 Å². The van der Waals surface area contributed by atoms with Crippen LogP contribution in [-0.4, -0.2) is 12.6 Å². The molecule has 0 aromatic heterocycles. The summed E-state index contributed by atoms with van der Waals surface area (Å²) in [6.07, 6.45) is 18.7. The van der Waals surface area contributed by atoms with Crippen LogP contribution in [-0.2, 0) is 0 Å². The molecular weight excluding hydrogens is 230 g/mol. The Hall–Kier alpha value is -0.0400. The maximum atomic E-state index is 3.78. The maximum absolute atomic E-state index is 3.78. The molecule has 0 bridgehead atoms. The Morgan fingerprint density at radius 1 is 0.842 bits per heavy atom. The predicted molar refractivity (Wildman–Crippen MR) is 86.6 cm³/mol. The fourth-order valence-electron chi connectivity index (χ4n) is 3.39. The van der Waals surface area contributed by atoms with Crippen molar-refractivity contribution in [2.45, 2.75) is 103 Å². The standard InChI is InChI=1S/C18H37N/c1-3-4-5-6-7-10-13-16-19-17(2)18-14-11-8-9-12-15-18/h17-19H,3-16H2,1-2H3/t17-/m1/s1. The van der Waals surface area contributed by atoms with E-state index in [-0.39, 0.29) is 0 Å². The number of hydrogen-bond acceptors (Lipinski definition) is 1. The molecule has 0 saturated heterocycles. The molecule has 0 aromatic rings. The van der Waals surface area contributed by atoms with Crippen LogP contribution in [0.2, 0.25) is 0 Å². The first-order valence-corrected chi connectivity index (χ1v) is 9.08. The number of hydrogen-bond donors (Lipinski definition) is 1. The van der Waals surface area contributed by atoms with Gasteiger partial charge in [0.1, 0.15) is 0 Å². The zero-order valence-corrected chi connectivity index (χ0v) is 13.6. The molecule has 114 valence electrons. The smallest absolute Gasteiger partial charge is 0.00669 e. The molecule has 1 fully saturated rings. The first-order valence-electron chi connectivity index (χ1n) is 9.08. The second kappa shape index (κ2) is 11.8. The molecule has 1 N–H and O–H groups in total. The second-order valence-corrected chi connectivity index (χ2v) is 6.62. The van der Waals surface area contributed by atoms with Gasteiger partial charge in [-0.2, -0.15) is 0 Å². The largest absolute Gasteiger partial charge is 0.314 e. The van der Waals surface area contributed by atoms with Crippen LogP contribution in [0.1, 0.15) is 97.3 Å². The van der Waals surface area contributed by atoms with E-state index < -0.39 is 0 Å². The first kappa shape index (κ1) is 17.0. The van der Waals surface area contributed by atoms with E-state index in [0.717, 1.165) is 12.0 Å². The molecule has 0 aromatic carbocycles. The van der Waals surface area contributed by atoms with Crippen molar-refractivity contribution in [3.63, 3.8) is 0 Å². The molecular formula is C18H37N. The molecule has 0 amide bonds. The summed E-state index contributed by atoms with van der Waals surface area (Å²) >= 11 is 0. The Labute approximate surface area is 121 Å². The van der Waals surface area contributed by atoms with Gasteiger partial charge in [0.25, 0.3) is 0 Å². The van der Waals surface area contributed by atoms with Crippen LogP contribution < -0.4 is 5.32 Å². The minimum absolute atomic E-state index is 0.748. The van der Waals surface area contributed by atoms with E-state index in [2.05, 4.69) is 19.2 Å². The third-order valence-corrected chi connectivity index (χ3v) is 4.85. The molecule has 1 aliphatic rings. The topological polar surface area (TPSA) is 12.0 Å². The van der Waals surface area contributed by atoms with Crippen LogP contribution in [0.25, 0.3) is 0 Å². The van der Waals surface area contributed by atoms with Gasteiger partial charge in [-0.15, -0.1) is 0 Å². The van der Waals surface area contributed by atoms with Crippen molar-refractivity contribution in [3.05, 3.63) is 0 Å². The second-order valence-electron chi connectivity index (χ2n) is 6.62. The monoisotopic (exact) mass is 267 g/mol. The van der Waals surface area contributed by atoms with E-state index in [0.29, 0.717) is 0 Å². The van der Waals surface area contributed by atoms with Gasteiger partial charge >= 0.3 is 0 Å². The summed E-state index contributed by atoms with van der Waals surface area (Å²) in [7, 11) is 0. The van der Waals surface area contributed by atoms with Gasteiger partial charge in [-0.3, -0.25) is 0 Å². The lowest BCUT2D eigenvalue weighted by atomic mass is 9.93. The minimum atomic E-state index is 0.748. The molecule has 1 aliphatic carbocycles. The van der Waals surface area contributed by atoms with Crippen LogP contribution in [0, 0.1) is 5.92 Å². The Balaban J connectivity index is 1.93. The van der Waals surface area contributed by atoms with E-state index in [1.165, 1.54) is 90.0 Å². The summed E-state index contributed by atoms with van der Waals surface area (Å²) < 4.78 is 0. The van der Waals surface area contributed by atoms with Crippen LogP contribution in [0.3, 0.4) is 0 Å². The molecule has 1 atom stereocenters. The zero-order chi connectivity index (χ0) is 13.8. The Bertz CT molecular complexity index is 182. The lowest BCUT2D eigenvalue weighted by molar-refractivity contribution is 0.335. The van der Waals surface area contributed by atoms with Gasteiger partial charge in [-0.25, -0.2) is 0 Å². The third kappa shape index (κ3) is 8.68. The average Bonchev–Trinajstić information content (AvgIpc) is 2.70. The summed E-state index contributed by atoms with van der Waals surface area (Å²) in [6.45, 7) is 5.95. The molecule has 1 nitrogen and oxygen atoms in total. The van der Waals surface area contributed by atoms with Gasteiger partial charge in [0.05, 0.1) is 0 Å². The van der Waals surface area contributed by atoms with Crippen LogP contribution in [0.4, 0.5) is 0 Å². The summed E-state index contributed by atoms with van der Waals surface area (Å²) in [6, 6.07) is 0.748. The molecule has 1 saturated carbocycles. The van der Waals surface area contributed by atoms with E-state index in [1.807, 2.05) is 0 Å². The van der Waals surface area contributed by atoms with Gasteiger partial charge in [0, 0.05) is 6.04 Å². The Kier molecular flexibility index (Phi) is 10.5. The quantitative estimate of drug-likeness (QED) is 0.396. The maximum Gasteiger partial charge on any atom is 0.00669 e. The molecule has 0 spiro atoms. The van der Waals surface area contributed by atoms with Crippen molar-refractivity contribution in [2.24, 2.45) is 5.92 Å². The minimum Gasteiger partial charge on any atom is -0.314 e. The lowest BCUT2D eigenvalue weighted by Gasteiger charge is -2.23. The summed E-state index contributed by atoms with van der Waals surface area (Å²) in [5.74, 6) is 0.951. The Morgan fingerprint density at radius 2 is 1.42 bits per heavy atom. The lowest BCUT2D eigenvalue weighted by Crippen LogP contribution is -2.34. The van der Waals surface area contributed by atoms with Gasteiger partial charge < -0.3 is 5.32 Å². The van der Waals surface area contributed by atoms with E-state index in [1.54, 1.807) is 0 Å². The predicted octanol–water partition coefficient (Wildman–Crippen LogP) is 5.69. The van der Waals surface area contributed by atoms with E-state index in [9.17, 15) is 0 Å². The number of unbranched alkanes of at least 4 members (excludes halogenated alkanes) is 6. The van der Waals surface area contributed by atoms with Crippen molar-refractivity contribution in [3.8, 4) is 0 Å². The van der Waals surface area contributed by atoms with Crippen LogP contribution in [0.15, 0.2) is 0 Å². The fourth-order valence-corrected chi connectivity index (χ4v) is 3.39. The van der Waals surface area contributed by atoms with E-state index in [4.69, 9.17) is 0 Å². The zero-order valence-electron chi connectivity index (χ0n) is 13.6. The molecule has 1 heteroatoms. The summed E-state index contributed by atoms with van der Waals surface area (Å²) in [5, 5.41) is 3.78. The van der Waals surface area contributed by atoms with Crippen molar-refractivity contribution in [1.29, 1.82) is 0 Å². The highest BCUT2D eigenvalue weighted by Crippen LogP contribution is 2.25. The van der Waals surface area contributed by atoms with Crippen molar-refractivity contribution in [2.75, 3.05) is 6.54 Å². The van der Waals surface area contributed by atoms with Crippen molar-refractivity contribution in [1.82, 2.24) is 5.32 Å². The normalized spacial score (nSPS) is 19.3. The fraction of sp³-hybridized carbons (Fsp3) is 1.00. The summed E-state index contributed by atoms with van der Waals surface area (Å²) in [4.78, 5) is 0. The molecule has 0 aliphatic heterocycles. The molecule has 1 rings (SSSR count). The molecule has 0 radical (unpaired) electrons. The van der Waals surface area contributed by atoms with Gasteiger partial charge in [-0.1, -0.05) is 71.1 Å². The van der Waals surface area contributed by atoms with E-state index >= 15 is 0 Å². The molecule has 0 heterocycles. The van der Waals surface area contributed by atoms with Gasteiger partial charge in [0.15, 0.2) is 0 Å². The molecule has 0 unspecified atom stereocenters. The first-order chi connectivity index (χ1) is 9.34. The van der Waals surface area contributed by atoms with Crippen LogP contribution in [0.5, 0.6) is 0 Å².